The van der Waals surface area contributed by atoms with Gasteiger partial charge in [0.1, 0.15) is 19.3 Å². The third-order valence-electron chi connectivity index (χ3n) is 19.0. The standard InChI is InChI=1S/C81H158O17P2/c1-7-9-11-13-15-17-19-26-35-41-47-53-59-65-80(85)97-76(69-91-78(83)63-57-51-45-39-31-18-16-14-12-10-8-2)71-95-99(87,88)93-67-75(82)68-94-100(89,90)96-72-77(70-92-79(84)64-58-52-46-40-34-30-29-33-38-44-50-56-62-74(5)6)98-81(86)66-60-54-48-42-36-28-25-23-21-20-22-24-27-32-37-43-49-55-61-73(3)4/h73-77,82H,7-72H2,1-6H3,(H,87,88)(H,89,90)/t75-,76+,77+/m0/s1. The second-order valence-corrected chi connectivity index (χ2v) is 33.0. The summed E-state index contributed by atoms with van der Waals surface area (Å²) < 4.78 is 68.7. The first-order valence-corrected chi connectivity index (χ1v) is 45.0. The second kappa shape index (κ2) is 72.6. The van der Waals surface area contributed by atoms with Crippen molar-refractivity contribution >= 4 is 39.5 Å². The van der Waals surface area contributed by atoms with Crippen LogP contribution in [-0.2, 0) is 65.4 Å². The van der Waals surface area contributed by atoms with Crippen molar-refractivity contribution in [3.8, 4) is 0 Å². The third-order valence-corrected chi connectivity index (χ3v) is 20.9. The SMILES string of the molecule is CCCCCCCCCCCCCCCC(=O)O[C@H](COC(=O)CCCCCCCCCCCCC)COP(=O)(O)OC[C@H](O)COP(=O)(O)OC[C@@H](COC(=O)CCCCCCCCCCCCCCC(C)C)OC(=O)CCCCCCCCCCCCCCCCCCCCC(C)C. The molecule has 0 fully saturated rings. The number of carbonyl (C=O) groups excluding carboxylic acids is 4. The largest absolute Gasteiger partial charge is 0.472 e. The summed E-state index contributed by atoms with van der Waals surface area (Å²) in [7, 11) is -9.92. The molecule has 0 bridgehead atoms. The van der Waals surface area contributed by atoms with Gasteiger partial charge in [0.2, 0.25) is 0 Å². The summed E-state index contributed by atoms with van der Waals surface area (Å²) in [6.07, 6.45) is 62.3. The fourth-order valence-electron chi connectivity index (χ4n) is 12.5. The average Bonchev–Trinajstić information content (AvgIpc) is 1.07. The molecule has 594 valence electrons. The Balaban J connectivity index is 5.22. The van der Waals surface area contributed by atoms with E-state index in [1.54, 1.807) is 0 Å². The lowest BCUT2D eigenvalue weighted by Gasteiger charge is -2.21. The molecule has 100 heavy (non-hydrogen) atoms. The van der Waals surface area contributed by atoms with Crippen LogP contribution in [0, 0.1) is 11.8 Å². The van der Waals surface area contributed by atoms with E-state index in [1.807, 2.05) is 0 Å². The van der Waals surface area contributed by atoms with Gasteiger partial charge in [-0.25, -0.2) is 9.13 Å². The van der Waals surface area contributed by atoms with Gasteiger partial charge in [-0.2, -0.15) is 0 Å². The molecule has 0 aromatic rings. The third kappa shape index (κ3) is 74.3. The Morgan fingerprint density at radius 2 is 0.460 bits per heavy atom. The Hall–Kier alpha value is -1.94. The lowest BCUT2D eigenvalue weighted by molar-refractivity contribution is -0.161. The lowest BCUT2D eigenvalue weighted by atomic mass is 10.0. The summed E-state index contributed by atoms with van der Waals surface area (Å²) in [5, 5.41) is 10.6. The predicted molar refractivity (Wildman–Crippen MR) is 409 cm³/mol. The zero-order valence-corrected chi connectivity index (χ0v) is 67.3. The highest BCUT2D eigenvalue weighted by Crippen LogP contribution is 2.45. The summed E-state index contributed by atoms with van der Waals surface area (Å²) in [5.74, 6) is -0.505. The Morgan fingerprint density at radius 3 is 0.680 bits per heavy atom. The number of unbranched alkanes of at least 4 members (excludes halogenated alkanes) is 50. The van der Waals surface area contributed by atoms with Crippen LogP contribution >= 0.6 is 15.6 Å². The van der Waals surface area contributed by atoms with E-state index in [1.165, 1.54) is 244 Å². The molecular formula is C81H158O17P2. The van der Waals surface area contributed by atoms with Crippen LogP contribution in [0.15, 0.2) is 0 Å². The van der Waals surface area contributed by atoms with Crippen molar-refractivity contribution in [1.29, 1.82) is 0 Å². The zero-order valence-electron chi connectivity index (χ0n) is 65.5. The van der Waals surface area contributed by atoms with Gasteiger partial charge in [0.25, 0.3) is 0 Å². The van der Waals surface area contributed by atoms with E-state index in [-0.39, 0.29) is 25.7 Å². The molecule has 0 spiro atoms. The topological polar surface area (TPSA) is 237 Å². The van der Waals surface area contributed by atoms with Crippen LogP contribution in [0.5, 0.6) is 0 Å². The number of hydrogen-bond acceptors (Lipinski definition) is 15. The van der Waals surface area contributed by atoms with E-state index in [2.05, 4.69) is 41.5 Å². The highest BCUT2D eigenvalue weighted by atomic mass is 31.2. The maximum Gasteiger partial charge on any atom is 0.472 e. The lowest BCUT2D eigenvalue weighted by Crippen LogP contribution is -2.30. The van der Waals surface area contributed by atoms with E-state index in [4.69, 9.17) is 37.0 Å². The number of carbonyl (C=O) groups is 4. The van der Waals surface area contributed by atoms with Crippen molar-refractivity contribution in [2.45, 2.75) is 445 Å². The molecule has 0 amide bonds. The molecule has 0 aliphatic rings. The Bertz CT molecular complexity index is 1920. The number of ether oxygens (including phenoxy) is 4. The van der Waals surface area contributed by atoms with Crippen molar-refractivity contribution in [2.75, 3.05) is 39.6 Å². The summed E-state index contributed by atoms with van der Waals surface area (Å²) in [5.41, 5.74) is 0. The monoisotopic (exact) mass is 1470 g/mol. The maximum atomic E-state index is 13.1. The number of rotatable bonds is 80. The summed E-state index contributed by atoms with van der Waals surface area (Å²) >= 11 is 0. The van der Waals surface area contributed by atoms with Crippen molar-refractivity contribution in [3.05, 3.63) is 0 Å². The molecule has 17 nitrogen and oxygen atoms in total. The molecule has 0 aliphatic heterocycles. The van der Waals surface area contributed by atoms with E-state index in [0.29, 0.717) is 25.7 Å². The normalized spacial score (nSPS) is 13.9. The Labute approximate surface area is 613 Å². The highest BCUT2D eigenvalue weighted by Gasteiger charge is 2.30. The number of esters is 4. The molecule has 2 unspecified atom stereocenters. The van der Waals surface area contributed by atoms with Gasteiger partial charge in [0.15, 0.2) is 12.2 Å². The van der Waals surface area contributed by atoms with Gasteiger partial charge < -0.3 is 33.8 Å². The van der Waals surface area contributed by atoms with Crippen LogP contribution in [-0.4, -0.2) is 96.7 Å². The van der Waals surface area contributed by atoms with Gasteiger partial charge >= 0.3 is 39.5 Å². The molecule has 0 saturated carbocycles. The Kier molecular flexibility index (Phi) is 71.2. The number of aliphatic hydroxyl groups excluding tert-OH is 1. The summed E-state index contributed by atoms with van der Waals surface area (Å²) in [6, 6.07) is 0. The molecule has 3 N–H and O–H groups in total. The quantitative estimate of drug-likeness (QED) is 0.0222. The van der Waals surface area contributed by atoms with Crippen LogP contribution < -0.4 is 0 Å². The van der Waals surface area contributed by atoms with Crippen molar-refractivity contribution in [1.82, 2.24) is 0 Å². The fourth-order valence-corrected chi connectivity index (χ4v) is 14.1. The van der Waals surface area contributed by atoms with Crippen LogP contribution in [0.25, 0.3) is 0 Å². The van der Waals surface area contributed by atoms with E-state index < -0.39 is 97.5 Å². The minimum atomic E-state index is -4.96. The van der Waals surface area contributed by atoms with E-state index in [9.17, 15) is 43.2 Å². The zero-order chi connectivity index (χ0) is 73.5. The van der Waals surface area contributed by atoms with Crippen LogP contribution in [0.1, 0.15) is 427 Å². The number of hydrogen-bond donors (Lipinski definition) is 3. The smallest absolute Gasteiger partial charge is 0.462 e. The first-order chi connectivity index (χ1) is 48.4. The molecule has 0 rings (SSSR count). The van der Waals surface area contributed by atoms with Gasteiger partial charge in [0.05, 0.1) is 26.4 Å². The van der Waals surface area contributed by atoms with Crippen LogP contribution in [0.3, 0.4) is 0 Å². The summed E-state index contributed by atoms with van der Waals surface area (Å²) in [6.45, 7) is 9.68. The minimum Gasteiger partial charge on any atom is -0.462 e. The van der Waals surface area contributed by atoms with E-state index in [0.717, 1.165) is 102 Å². The molecule has 0 aliphatic carbocycles. The first kappa shape index (κ1) is 98.1. The minimum absolute atomic E-state index is 0.108. The average molecular weight is 1470 g/mol. The van der Waals surface area contributed by atoms with Crippen molar-refractivity contribution in [2.24, 2.45) is 11.8 Å². The molecule has 0 aromatic heterocycles. The second-order valence-electron chi connectivity index (χ2n) is 30.1. The predicted octanol–water partition coefficient (Wildman–Crippen LogP) is 24.3. The molecular weight excluding hydrogens is 1310 g/mol. The Morgan fingerprint density at radius 1 is 0.270 bits per heavy atom. The van der Waals surface area contributed by atoms with Crippen LogP contribution in [0.4, 0.5) is 0 Å². The number of aliphatic hydroxyl groups is 1. The number of phosphoric acid groups is 2. The van der Waals surface area contributed by atoms with Gasteiger partial charge in [-0.1, -0.05) is 375 Å². The summed E-state index contributed by atoms with van der Waals surface area (Å²) in [4.78, 5) is 73.0. The molecule has 0 heterocycles. The molecule has 19 heteroatoms. The highest BCUT2D eigenvalue weighted by molar-refractivity contribution is 7.47. The van der Waals surface area contributed by atoms with Gasteiger partial charge in [-0.15, -0.1) is 0 Å². The number of phosphoric ester groups is 2. The van der Waals surface area contributed by atoms with Gasteiger partial charge in [-0.05, 0) is 37.5 Å². The van der Waals surface area contributed by atoms with E-state index >= 15 is 0 Å². The molecule has 0 aromatic carbocycles. The van der Waals surface area contributed by atoms with Crippen LogP contribution in [0.2, 0.25) is 0 Å². The van der Waals surface area contributed by atoms with Gasteiger partial charge in [-0.3, -0.25) is 37.3 Å². The van der Waals surface area contributed by atoms with Crippen molar-refractivity contribution in [3.63, 3.8) is 0 Å². The first-order valence-electron chi connectivity index (χ1n) is 42.0. The van der Waals surface area contributed by atoms with Gasteiger partial charge in [0, 0.05) is 25.7 Å². The molecule has 0 radical (unpaired) electrons. The molecule has 5 atom stereocenters. The molecule has 0 saturated heterocycles. The fraction of sp³-hybridized carbons (Fsp3) is 0.951. The van der Waals surface area contributed by atoms with Crippen molar-refractivity contribution < 1.29 is 80.2 Å². The maximum absolute atomic E-state index is 13.1.